The van der Waals surface area contributed by atoms with Crippen LogP contribution in [0.25, 0.3) is 0 Å². The molecule has 0 spiro atoms. The Morgan fingerprint density at radius 1 is 1.06 bits per heavy atom. The average Bonchev–Trinajstić information content (AvgIpc) is 3.00. The summed E-state index contributed by atoms with van der Waals surface area (Å²) in [5, 5.41) is 3.35. The van der Waals surface area contributed by atoms with Crippen molar-refractivity contribution in [1.82, 2.24) is 5.32 Å². The highest BCUT2D eigenvalue weighted by molar-refractivity contribution is 5.55. The van der Waals surface area contributed by atoms with Crippen molar-refractivity contribution in [3.63, 3.8) is 0 Å². The molecule has 2 aliphatic carbocycles. The number of fused-ring (bicyclic) bond motifs is 1. The highest BCUT2D eigenvalue weighted by Crippen LogP contribution is 2.38. The summed E-state index contributed by atoms with van der Waals surface area (Å²) in [4.78, 5) is 0. The van der Waals surface area contributed by atoms with Gasteiger partial charge in [0.05, 0.1) is 0 Å². The Kier molecular flexibility index (Phi) is 2.66. The second-order valence-electron chi connectivity index (χ2n) is 4.56. The van der Waals surface area contributed by atoms with E-state index in [-0.39, 0.29) is 0 Å². The van der Waals surface area contributed by atoms with Gasteiger partial charge in [0.1, 0.15) is 11.9 Å². The van der Waals surface area contributed by atoms with Crippen LogP contribution in [-0.2, 0) is 4.74 Å². The molecule has 0 unspecified atom stereocenters. The molecule has 0 aromatic rings. The first kappa shape index (κ1) is 9.91. The summed E-state index contributed by atoms with van der Waals surface area (Å²) in [7, 11) is 0. The van der Waals surface area contributed by atoms with Crippen LogP contribution in [0.3, 0.4) is 0 Å². The number of ether oxygens (including phenoxy) is 1. The van der Waals surface area contributed by atoms with Gasteiger partial charge in [-0.3, -0.25) is 0 Å². The molecule has 0 bridgehead atoms. The van der Waals surface area contributed by atoms with Gasteiger partial charge in [-0.2, -0.15) is 0 Å². The Balaban J connectivity index is 1.67. The fraction of sp³-hybridized carbons (Fsp3) is 0.429. The van der Waals surface area contributed by atoms with Crippen molar-refractivity contribution in [2.75, 3.05) is 13.1 Å². The smallest absolute Gasteiger partial charge is 0.120 e. The van der Waals surface area contributed by atoms with Gasteiger partial charge in [-0.25, -0.2) is 0 Å². The third-order valence-electron chi connectivity index (χ3n) is 3.24. The maximum absolute atomic E-state index is 6.03. The molecule has 2 nitrogen and oxygen atoms in total. The minimum Gasteiger partial charge on any atom is -0.490 e. The number of hydrogen-bond acceptors (Lipinski definition) is 2. The van der Waals surface area contributed by atoms with Gasteiger partial charge in [0.2, 0.25) is 0 Å². The zero-order valence-corrected chi connectivity index (χ0v) is 9.41. The third kappa shape index (κ3) is 2.27. The molecule has 0 radical (unpaired) electrons. The molecule has 1 saturated heterocycles. The van der Waals surface area contributed by atoms with E-state index < -0.39 is 0 Å². The SMILES string of the molecule is C1=C/C=C(OC2CCNCC2)\C=C2\CC2=C1. The Labute approximate surface area is 96.4 Å². The van der Waals surface area contributed by atoms with E-state index in [2.05, 4.69) is 35.7 Å². The largest absolute Gasteiger partial charge is 0.490 e. The molecular formula is C14H17NO. The Morgan fingerprint density at radius 3 is 2.75 bits per heavy atom. The standard InChI is InChI=1S/C14H17NO/c1-2-4-14(10-12-9-11(12)3-1)16-13-5-7-15-8-6-13/h1-4,10,13,15H,5-9H2/b2-1?,3-1?,4-2?,11-3?,12-10-,14-4+,14-10?. The van der Waals surface area contributed by atoms with Crippen molar-refractivity contribution in [1.29, 1.82) is 0 Å². The predicted molar refractivity (Wildman–Crippen MR) is 65.0 cm³/mol. The molecule has 16 heavy (non-hydrogen) atoms. The lowest BCUT2D eigenvalue weighted by Gasteiger charge is -2.24. The van der Waals surface area contributed by atoms with Crippen LogP contribution in [0.2, 0.25) is 0 Å². The summed E-state index contributed by atoms with van der Waals surface area (Å²) in [5.41, 5.74) is 2.89. The van der Waals surface area contributed by atoms with Gasteiger partial charge in [-0.15, -0.1) is 0 Å². The van der Waals surface area contributed by atoms with Crippen molar-refractivity contribution < 1.29 is 4.74 Å². The molecule has 0 aromatic carbocycles. The molecule has 3 rings (SSSR count). The Morgan fingerprint density at radius 2 is 1.88 bits per heavy atom. The fourth-order valence-corrected chi connectivity index (χ4v) is 2.19. The summed E-state index contributed by atoms with van der Waals surface area (Å²) in [6, 6.07) is 0. The second kappa shape index (κ2) is 4.30. The molecule has 84 valence electrons. The topological polar surface area (TPSA) is 21.3 Å². The summed E-state index contributed by atoms with van der Waals surface area (Å²) in [5.74, 6) is 1.03. The molecule has 1 aliphatic heterocycles. The molecule has 1 N–H and O–H groups in total. The minimum absolute atomic E-state index is 0.392. The summed E-state index contributed by atoms with van der Waals surface area (Å²) in [6.07, 6.45) is 14.4. The zero-order chi connectivity index (χ0) is 10.8. The number of piperidine rings is 1. The quantitative estimate of drug-likeness (QED) is 0.764. The van der Waals surface area contributed by atoms with Gasteiger partial charge in [-0.05, 0) is 55.7 Å². The van der Waals surface area contributed by atoms with Crippen molar-refractivity contribution in [2.45, 2.75) is 25.4 Å². The average molecular weight is 215 g/mol. The summed E-state index contributed by atoms with van der Waals surface area (Å²) >= 11 is 0. The zero-order valence-electron chi connectivity index (χ0n) is 9.41. The van der Waals surface area contributed by atoms with Crippen LogP contribution in [0.5, 0.6) is 0 Å². The lowest BCUT2D eigenvalue weighted by molar-refractivity contribution is 0.0960. The first-order valence-corrected chi connectivity index (χ1v) is 6.08. The van der Waals surface area contributed by atoms with Gasteiger partial charge in [0, 0.05) is 0 Å². The number of rotatable bonds is 2. The molecule has 2 fully saturated rings. The van der Waals surface area contributed by atoms with E-state index in [1.165, 1.54) is 11.1 Å². The molecule has 1 heterocycles. The minimum atomic E-state index is 0.392. The van der Waals surface area contributed by atoms with E-state index in [0.29, 0.717) is 6.10 Å². The molecule has 2 heteroatoms. The van der Waals surface area contributed by atoms with E-state index in [1.807, 2.05) is 0 Å². The monoisotopic (exact) mass is 215 g/mol. The van der Waals surface area contributed by atoms with E-state index in [4.69, 9.17) is 4.74 Å². The van der Waals surface area contributed by atoms with E-state index in [9.17, 15) is 0 Å². The van der Waals surface area contributed by atoms with Crippen LogP contribution in [0.15, 0.2) is 47.3 Å². The van der Waals surface area contributed by atoms with Crippen LogP contribution < -0.4 is 5.32 Å². The summed E-state index contributed by atoms with van der Waals surface area (Å²) < 4.78 is 6.03. The van der Waals surface area contributed by atoms with Gasteiger partial charge in [-0.1, -0.05) is 18.2 Å². The highest BCUT2D eigenvalue weighted by atomic mass is 16.5. The van der Waals surface area contributed by atoms with Crippen LogP contribution in [0, 0.1) is 0 Å². The van der Waals surface area contributed by atoms with E-state index >= 15 is 0 Å². The van der Waals surface area contributed by atoms with E-state index in [1.54, 1.807) is 0 Å². The van der Waals surface area contributed by atoms with Crippen molar-refractivity contribution in [2.24, 2.45) is 0 Å². The molecule has 0 amide bonds. The maximum atomic E-state index is 6.03. The highest BCUT2D eigenvalue weighted by Gasteiger charge is 2.22. The van der Waals surface area contributed by atoms with E-state index in [0.717, 1.165) is 38.1 Å². The van der Waals surface area contributed by atoms with Gasteiger partial charge < -0.3 is 10.1 Å². The first-order valence-electron chi connectivity index (χ1n) is 6.08. The number of nitrogens with one attached hydrogen (secondary N) is 1. The molecule has 3 aliphatic rings. The Bertz CT molecular complexity index is 395. The van der Waals surface area contributed by atoms with Crippen molar-refractivity contribution in [3.8, 4) is 0 Å². The molecule has 0 aromatic heterocycles. The van der Waals surface area contributed by atoms with Crippen LogP contribution in [0.1, 0.15) is 19.3 Å². The van der Waals surface area contributed by atoms with Gasteiger partial charge in [0.25, 0.3) is 0 Å². The van der Waals surface area contributed by atoms with Crippen LogP contribution in [-0.4, -0.2) is 19.2 Å². The van der Waals surface area contributed by atoms with Gasteiger partial charge in [0.15, 0.2) is 0 Å². The van der Waals surface area contributed by atoms with Crippen LogP contribution >= 0.6 is 0 Å². The molecule has 1 saturated carbocycles. The second-order valence-corrected chi connectivity index (χ2v) is 4.56. The van der Waals surface area contributed by atoms with Crippen molar-refractivity contribution >= 4 is 0 Å². The third-order valence-corrected chi connectivity index (χ3v) is 3.24. The lowest BCUT2D eigenvalue weighted by atomic mass is 10.1. The van der Waals surface area contributed by atoms with Gasteiger partial charge >= 0.3 is 0 Å². The summed E-state index contributed by atoms with van der Waals surface area (Å²) in [6.45, 7) is 2.16. The molecule has 0 atom stereocenters. The Hall–Kier alpha value is -1.28. The predicted octanol–water partition coefficient (Wildman–Crippen LogP) is 2.47. The fourth-order valence-electron chi connectivity index (χ4n) is 2.19. The molecular weight excluding hydrogens is 198 g/mol. The first-order chi connectivity index (χ1) is 7.92. The lowest BCUT2D eigenvalue weighted by Crippen LogP contribution is -2.32. The maximum Gasteiger partial charge on any atom is 0.120 e. The number of hydrogen-bond donors (Lipinski definition) is 1. The normalized spacial score (nSPS) is 31.1. The van der Waals surface area contributed by atoms with Crippen molar-refractivity contribution in [3.05, 3.63) is 47.3 Å². The van der Waals surface area contributed by atoms with Crippen LogP contribution in [0.4, 0.5) is 0 Å². The number of allylic oxidation sites excluding steroid dienone is 7.